The monoisotopic (exact) mass is 464 g/mol. The average molecular weight is 465 g/mol. The summed E-state index contributed by atoms with van der Waals surface area (Å²) >= 11 is 0. The lowest BCUT2D eigenvalue weighted by atomic mass is 9.80. The maximum absolute atomic E-state index is 15.7. The van der Waals surface area contributed by atoms with E-state index in [-0.39, 0.29) is 16.6 Å². The normalized spacial score (nSPS) is 16.2. The number of benzene rings is 3. The minimum Gasteiger partial charge on any atom is -0.454 e. The Morgan fingerprint density at radius 2 is 1.51 bits per heavy atom. The van der Waals surface area contributed by atoms with Crippen LogP contribution >= 0.6 is 0 Å². The highest BCUT2D eigenvalue weighted by Gasteiger charge is 2.43. The van der Waals surface area contributed by atoms with Crippen molar-refractivity contribution in [1.29, 1.82) is 0 Å². The Kier molecular flexibility index (Phi) is 4.58. The maximum atomic E-state index is 15.7. The molecule has 176 valence electrons. The van der Waals surface area contributed by atoms with Crippen molar-refractivity contribution in [2.24, 2.45) is 7.05 Å². The van der Waals surface area contributed by atoms with Crippen LogP contribution in [-0.2, 0) is 17.9 Å². The van der Waals surface area contributed by atoms with E-state index < -0.39 is 0 Å². The van der Waals surface area contributed by atoms with Crippen molar-refractivity contribution in [2.75, 3.05) is 0 Å². The molecule has 0 saturated carbocycles. The number of rotatable bonds is 2. The third kappa shape index (κ3) is 3.10. The van der Waals surface area contributed by atoms with E-state index in [4.69, 9.17) is 4.42 Å². The zero-order valence-electron chi connectivity index (χ0n) is 21.3. The highest BCUT2D eigenvalue weighted by Crippen LogP contribution is 2.54. The molecule has 0 atom stereocenters. The molecule has 0 unspecified atom stereocenters. The maximum Gasteiger partial charge on any atom is 0.216 e. The molecule has 35 heavy (non-hydrogen) atoms. The molecular weight excluding hydrogens is 433 g/mol. The van der Waals surface area contributed by atoms with E-state index in [1.54, 1.807) is 6.07 Å². The summed E-state index contributed by atoms with van der Waals surface area (Å²) in [5.41, 5.74) is 8.72. The van der Waals surface area contributed by atoms with Crippen LogP contribution in [0.25, 0.3) is 44.3 Å². The van der Waals surface area contributed by atoms with Crippen LogP contribution in [0.3, 0.4) is 0 Å². The van der Waals surface area contributed by atoms with Gasteiger partial charge in [-0.05, 0) is 64.6 Å². The molecule has 0 amide bonds. The second-order valence-corrected chi connectivity index (χ2v) is 11.4. The van der Waals surface area contributed by atoms with Crippen molar-refractivity contribution in [1.82, 2.24) is 0 Å². The van der Waals surface area contributed by atoms with E-state index in [0.717, 1.165) is 45.2 Å². The molecular formula is C32H31FNO+. The Morgan fingerprint density at radius 3 is 2.26 bits per heavy atom. The van der Waals surface area contributed by atoms with Crippen LogP contribution in [0.1, 0.15) is 50.8 Å². The van der Waals surface area contributed by atoms with Crippen molar-refractivity contribution < 1.29 is 13.4 Å². The fraction of sp³-hybridized carbons (Fsp3) is 0.281. The van der Waals surface area contributed by atoms with Gasteiger partial charge >= 0.3 is 0 Å². The van der Waals surface area contributed by atoms with Gasteiger partial charge in [0.1, 0.15) is 24.0 Å². The van der Waals surface area contributed by atoms with E-state index in [0.29, 0.717) is 11.1 Å². The van der Waals surface area contributed by atoms with Gasteiger partial charge in [-0.25, -0.2) is 8.96 Å². The Balaban J connectivity index is 1.73. The summed E-state index contributed by atoms with van der Waals surface area (Å²) < 4.78 is 24.5. The van der Waals surface area contributed by atoms with Crippen molar-refractivity contribution in [3.63, 3.8) is 0 Å². The summed E-state index contributed by atoms with van der Waals surface area (Å²) in [6.07, 6.45) is 3.07. The van der Waals surface area contributed by atoms with Crippen molar-refractivity contribution in [3.8, 4) is 22.4 Å². The van der Waals surface area contributed by atoms with Crippen LogP contribution in [0, 0.1) is 12.7 Å². The Labute approximate surface area is 206 Å². The molecule has 1 aliphatic carbocycles. The van der Waals surface area contributed by atoms with Gasteiger partial charge in [-0.15, -0.1) is 0 Å². The second-order valence-electron chi connectivity index (χ2n) is 11.4. The minimum absolute atomic E-state index is 0.0411. The highest BCUT2D eigenvalue weighted by atomic mass is 19.1. The van der Waals surface area contributed by atoms with Gasteiger partial charge in [-0.3, -0.25) is 0 Å². The first-order valence-corrected chi connectivity index (χ1v) is 12.3. The smallest absolute Gasteiger partial charge is 0.216 e. The lowest BCUT2D eigenvalue weighted by Crippen LogP contribution is -2.30. The summed E-state index contributed by atoms with van der Waals surface area (Å²) in [7, 11) is 2.04. The lowest BCUT2D eigenvalue weighted by Gasteiger charge is -2.23. The van der Waals surface area contributed by atoms with Crippen LogP contribution in [-0.4, -0.2) is 0 Å². The number of hydrogen-bond donors (Lipinski definition) is 0. The molecule has 6 rings (SSSR count). The molecule has 0 spiro atoms. The molecule has 0 saturated heterocycles. The van der Waals surface area contributed by atoms with Gasteiger partial charge in [-0.1, -0.05) is 58.0 Å². The van der Waals surface area contributed by atoms with Crippen LogP contribution in [0.2, 0.25) is 0 Å². The SMILES string of the molecule is Cc1ccc2c(oc3c(-c4cccc5c4C(C)(C)CC5(C)C)c(F)ccc32)c1-c1cccc[n+]1C. The quantitative estimate of drug-likeness (QED) is 0.241. The van der Waals surface area contributed by atoms with Crippen molar-refractivity contribution >= 4 is 21.9 Å². The van der Waals surface area contributed by atoms with Gasteiger partial charge in [0.15, 0.2) is 6.20 Å². The number of aromatic nitrogens is 1. The predicted octanol–water partition coefficient (Wildman–Crippen LogP) is 8.15. The average Bonchev–Trinajstić information content (AvgIpc) is 3.25. The highest BCUT2D eigenvalue weighted by molar-refractivity contribution is 6.13. The molecule has 3 aromatic carbocycles. The van der Waals surface area contributed by atoms with Gasteiger partial charge in [0.25, 0.3) is 0 Å². The molecule has 0 radical (unpaired) electrons. The predicted molar refractivity (Wildman–Crippen MR) is 141 cm³/mol. The number of pyridine rings is 1. The molecule has 0 bridgehead atoms. The number of hydrogen-bond acceptors (Lipinski definition) is 1. The lowest BCUT2D eigenvalue weighted by molar-refractivity contribution is -0.660. The topological polar surface area (TPSA) is 17.0 Å². The van der Waals surface area contributed by atoms with E-state index >= 15 is 4.39 Å². The van der Waals surface area contributed by atoms with Crippen LogP contribution in [0.4, 0.5) is 4.39 Å². The van der Waals surface area contributed by atoms with E-state index in [9.17, 15) is 0 Å². The molecule has 2 heterocycles. The fourth-order valence-corrected chi connectivity index (χ4v) is 6.67. The minimum atomic E-state index is -0.242. The van der Waals surface area contributed by atoms with E-state index in [1.165, 1.54) is 11.1 Å². The molecule has 0 aliphatic heterocycles. The number of halogens is 1. The molecule has 3 heteroatoms. The third-order valence-corrected chi connectivity index (χ3v) is 7.90. The van der Waals surface area contributed by atoms with Gasteiger partial charge in [0.05, 0.1) is 11.1 Å². The largest absolute Gasteiger partial charge is 0.454 e. The Hall–Kier alpha value is -3.46. The third-order valence-electron chi connectivity index (χ3n) is 7.90. The fourth-order valence-electron chi connectivity index (χ4n) is 6.67. The molecule has 0 N–H and O–H groups in total. The van der Waals surface area contributed by atoms with Crippen molar-refractivity contribution in [3.05, 3.63) is 89.4 Å². The summed E-state index contributed by atoms with van der Waals surface area (Å²) in [5.74, 6) is -0.242. The molecule has 5 aromatic rings. The first kappa shape index (κ1) is 22.0. The first-order chi connectivity index (χ1) is 16.6. The van der Waals surface area contributed by atoms with Crippen LogP contribution in [0.15, 0.2) is 71.3 Å². The number of furan rings is 1. The van der Waals surface area contributed by atoms with Crippen LogP contribution in [0.5, 0.6) is 0 Å². The summed E-state index contributed by atoms with van der Waals surface area (Å²) in [4.78, 5) is 0. The molecule has 2 nitrogen and oxygen atoms in total. The second kappa shape index (κ2) is 7.27. The number of nitrogens with zero attached hydrogens (tertiary/aromatic N) is 1. The Morgan fingerprint density at radius 1 is 0.800 bits per heavy atom. The summed E-state index contributed by atoms with van der Waals surface area (Å²) in [5, 5.41) is 1.96. The van der Waals surface area contributed by atoms with Gasteiger partial charge in [0, 0.05) is 22.9 Å². The van der Waals surface area contributed by atoms with Crippen molar-refractivity contribution in [2.45, 2.75) is 51.9 Å². The van der Waals surface area contributed by atoms with E-state index in [2.05, 4.69) is 75.6 Å². The summed E-state index contributed by atoms with van der Waals surface area (Å²) in [6, 6.07) is 20.2. The molecule has 1 aliphatic rings. The zero-order chi connectivity index (χ0) is 24.7. The van der Waals surface area contributed by atoms with Gasteiger partial charge in [-0.2, -0.15) is 0 Å². The molecule has 0 fully saturated rings. The number of fused-ring (bicyclic) bond motifs is 4. The first-order valence-electron chi connectivity index (χ1n) is 12.3. The molecule has 2 aromatic heterocycles. The van der Waals surface area contributed by atoms with E-state index in [1.807, 2.05) is 31.4 Å². The standard InChI is InChI=1S/C32H31FNO/c1-19-13-14-20-21-15-16-24(33)27(22-10-9-11-23-28(22)32(4,5)18-31(23,2)3)30(21)35-29(20)26(19)25-12-7-8-17-34(25)6/h7-17H,18H2,1-6H3/q+1. The van der Waals surface area contributed by atoms with Crippen LogP contribution < -0.4 is 4.57 Å². The van der Waals surface area contributed by atoms with Gasteiger partial charge in [0.2, 0.25) is 5.69 Å². The zero-order valence-corrected chi connectivity index (χ0v) is 21.3. The Bertz CT molecular complexity index is 1650. The van der Waals surface area contributed by atoms with Gasteiger partial charge < -0.3 is 4.42 Å². The summed E-state index contributed by atoms with van der Waals surface area (Å²) in [6.45, 7) is 11.2. The number of aryl methyl sites for hydroxylation is 2.